The number of methoxy groups -OCH3 is 1. The van der Waals surface area contributed by atoms with Gasteiger partial charge < -0.3 is 15.8 Å². The molecular weight excluding hydrogens is 282 g/mol. The molecule has 0 unspecified atom stereocenters. The van der Waals surface area contributed by atoms with E-state index in [1.165, 1.54) is 21.2 Å². The fourth-order valence-corrected chi connectivity index (χ4v) is 2.26. The molecule has 0 heterocycles. The zero-order valence-corrected chi connectivity index (χ0v) is 12.5. The number of para-hydroxylation sites is 1. The van der Waals surface area contributed by atoms with Crippen molar-refractivity contribution in [1.82, 2.24) is 9.62 Å². The topological polar surface area (TPSA) is 102 Å². The van der Waals surface area contributed by atoms with Crippen LogP contribution in [-0.2, 0) is 10.0 Å². The van der Waals surface area contributed by atoms with Gasteiger partial charge in [-0.1, -0.05) is 6.07 Å². The third-order valence-corrected chi connectivity index (χ3v) is 4.53. The summed E-state index contributed by atoms with van der Waals surface area (Å²) in [6, 6.07) is 4.81. The average Bonchev–Trinajstić information content (AvgIpc) is 2.37. The van der Waals surface area contributed by atoms with Crippen LogP contribution < -0.4 is 15.8 Å². The second-order valence-corrected chi connectivity index (χ2v) is 6.58. The van der Waals surface area contributed by atoms with E-state index in [-0.39, 0.29) is 23.6 Å². The normalized spacial score (nSPS) is 11.4. The molecule has 1 amide bonds. The van der Waals surface area contributed by atoms with Crippen LogP contribution in [0.25, 0.3) is 0 Å². The van der Waals surface area contributed by atoms with Crippen LogP contribution in [-0.4, -0.2) is 52.1 Å². The second-order valence-electron chi connectivity index (χ2n) is 4.28. The predicted molar refractivity (Wildman–Crippen MR) is 77.2 cm³/mol. The predicted octanol–water partition coefficient (Wildman–Crippen LogP) is -0.101. The lowest BCUT2D eigenvalue weighted by Crippen LogP contribution is -2.34. The molecule has 0 atom stereocenters. The quantitative estimate of drug-likeness (QED) is 0.714. The lowest BCUT2D eigenvalue weighted by Gasteiger charge is -2.13. The Kier molecular flexibility index (Phi) is 5.34. The minimum absolute atomic E-state index is 0.0112. The van der Waals surface area contributed by atoms with Crippen LogP contribution in [0.5, 0.6) is 5.75 Å². The molecule has 0 aliphatic heterocycles. The van der Waals surface area contributed by atoms with E-state index in [9.17, 15) is 13.2 Å². The van der Waals surface area contributed by atoms with Crippen molar-refractivity contribution in [2.75, 3.05) is 39.2 Å². The number of nitrogens with zero attached hydrogens (tertiary/aromatic N) is 1. The maximum absolute atomic E-state index is 12.0. The van der Waals surface area contributed by atoms with Gasteiger partial charge in [0, 0.05) is 20.6 Å². The Bertz CT molecular complexity index is 584. The molecule has 7 nitrogen and oxygen atoms in total. The molecule has 0 aliphatic carbocycles. The first-order valence-electron chi connectivity index (χ1n) is 5.90. The monoisotopic (exact) mass is 301 g/mol. The molecule has 0 fully saturated rings. The van der Waals surface area contributed by atoms with E-state index < -0.39 is 15.9 Å². The van der Waals surface area contributed by atoms with E-state index in [4.69, 9.17) is 10.5 Å². The van der Waals surface area contributed by atoms with Crippen LogP contribution in [0.15, 0.2) is 18.2 Å². The van der Waals surface area contributed by atoms with Gasteiger partial charge in [0.25, 0.3) is 5.91 Å². The summed E-state index contributed by atoms with van der Waals surface area (Å²) in [5.74, 6) is -0.320. The summed E-state index contributed by atoms with van der Waals surface area (Å²) >= 11 is 0. The molecule has 1 rings (SSSR count). The van der Waals surface area contributed by atoms with Crippen LogP contribution in [0.3, 0.4) is 0 Å². The Morgan fingerprint density at radius 3 is 2.60 bits per heavy atom. The number of nitrogens with one attached hydrogen (secondary N) is 1. The highest BCUT2D eigenvalue weighted by Crippen LogP contribution is 2.25. The molecule has 0 radical (unpaired) electrons. The Balaban J connectivity index is 2.72. The maximum Gasteiger partial charge on any atom is 0.255 e. The van der Waals surface area contributed by atoms with Crippen LogP contribution in [0, 0.1) is 0 Å². The number of amides is 1. The van der Waals surface area contributed by atoms with Gasteiger partial charge in [0.15, 0.2) is 5.75 Å². The van der Waals surface area contributed by atoms with Gasteiger partial charge in [0.1, 0.15) is 0 Å². The standard InChI is InChI=1S/C12H19N3O4S/c1-15(2)20(17,18)8-7-14-12(16)9-5-4-6-10(13)11(9)19-3/h4-6H,7-8,13H2,1-3H3,(H,14,16). The van der Waals surface area contributed by atoms with Crippen LogP contribution in [0.4, 0.5) is 5.69 Å². The highest BCUT2D eigenvalue weighted by Gasteiger charge is 2.17. The van der Waals surface area contributed by atoms with Crippen molar-refractivity contribution in [3.05, 3.63) is 23.8 Å². The molecule has 20 heavy (non-hydrogen) atoms. The first kappa shape index (κ1) is 16.3. The van der Waals surface area contributed by atoms with Crippen LogP contribution in [0.1, 0.15) is 10.4 Å². The molecule has 0 saturated carbocycles. The van der Waals surface area contributed by atoms with E-state index >= 15 is 0 Å². The lowest BCUT2D eigenvalue weighted by molar-refractivity contribution is 0.0953. The number of benzene rings is 1. The van der Waals surface area contributed by atoms with Gasteiger partial charge in [-0.15, -0.1) is 0 Å². The third-order valence-electron chi connectivity index (χ3n) is 2.70. The van der Waals surface area contributed by atoms with Crippen molar-refractivity contribution in [3.63, 3.8) is 0 Å². The van der Waals surface area contributed by atoms with Gasteiger partial charge in [-0.3, -0.25) is 4.79 Å². The zero-order chi connectivity index (χ0) is 15.3. The smallest absolute Gasteiger partial charge is 0.255 e. The number of nitrogens with two attached hydrogens (primary N) is 1. The molecular formula is C12H19N3O4S. The summed E-state index contributed by atoms with van der Waals surface area (Å²) in [5.41, 5.74) is 6.32. The number of hydrogen-bond donors (Lipinski definition) is 2. The van der Waals surface area contributed by atoms with Crippen molar-refractivity contribution in [3.8, 4) is 5.75 Å². The first-order chi connectivity index (χ1) is 9.29. The Morgan fingerprint density at radius 2 is 2.05 bits per heavy atom. The summed E-state index contributed by atoms with van der Waals surface area (Å²) in [5, 5.41) is 2.53. The largest absolute Gasteiger partial charge is 0.494 e. The Morgan fingerprint density at radius 1 is 1.40 bits per heavy atom. The fraction of sp³-hybridized carbons (Fsp3) is 0.417. The number of sulfonamides is 1. The summed E-state index contributed by atoms with van der Waals surface area (Å²) in [6.45, 7) is 0.0112. The molecule has 1 aromatic carbocycles. The fourth-order valence-electron chi connectivity index (χ4n) is 1.53. The number of anilines is 1. The SMILES string of the molecule is COc1c(N)cccc1C(=O)NCCS(=O)(=O)N(C)C. The number of ether oxygens (including phenoxy) is 1. The van der Waals surface area contributed by atoms with Crippen LogP contribution in [0.2, 0.25) is 0 Å². The molecule has 112 valence electrons. The molecule has 8 heteroatoms. The molecule has 0 saturated heterocycles. The number of nitrogen functional groups attached to an aromatic ring is 1. The second kappa shape index (κ2) is 6.58. The number of hydrogen-bond acceptors (Lipinski definition) is 5. The van der Waals surface area contributed by atoms with Gasteiger partial charge in [-0.2, -0.15) is 0 Å². The summed E-state index contributed by atoms with van der Waals surface area (Å²) in [6.07, 6.45) is 0. The Hall–Kier alpha value is -1.80. The zero-order valence-electron chi connectivity index (χ0n) is 11.7. The van der Waals surface area contributed by atoms with Gasteiger partial charge in [-0.25, -0.2) is 12.7 Å². The first-order valence-corrected chi connectivity index (χ1v) is 7.51. The summed E-state index contributed by atoms with van der Waals surface area (Å²) < 4.78 is 29.3. The van der Waals surface area contributed by atoms with Gasteiger partial charge >= 0.3 is 0 Å². The minimum atomic E-state index is -3.34. The molecule has 3 N–H and O–H groups in total. The summed E-state index contributed by atoms with van der Waals surface area (Å²) in [4.78, 5) is 12.0. The van der Waals surface area contributed by atoms with Crippen molar-refractivity contribution < 1.29 is 17.9 Å². The molecule has 0 spiro atoms. The Labute approximate surface area is 118 Å². The van der Waals surface area contributed by atoms with E-state index in [0.717, 1.165) is 4.31 Å². The maximum atomic E-state index is 12.0. The van der Waals surface area contributed by atoms with Gasteiger partial charge in [0.05, 0.1) is 24.1 Å². The van der Waals surface area contributed by atoms with E-state index in [2.05, 4.69) is 5.32 Å². The van der Waals surface area contributed by atoms with Gasteiger partial charge in [-0.05, 0) is 12.1 Å². The molecule has 0 bridgehead atoms. The van der Waals surface area contributed by atoms with E-state index in [1.54, 1.807) is 18.2 Å². The van der Waals surface area contributed by atoms with E-state index in [1.807, 2.05) is 0 Å². The van der Waals surface area contributed by atoms with Crippen molar-refractivity contribution in [2.24, 2.45) is 0 Å². The average molecular weight is 301 g/mol. The highest BCUT2D eigenvalue weighted by atomic mass is 32.2. The van der Waals surface area contributed by atoms with Crippen LogP contribution >= 0.6 is 0 Å². The van der Waals surface area contributed by atoms with Crippen molar-refractivity contribution in [2.45, 2.75) is 0 Å². The van der Waals surface area contributed by atoms with E-state index in [0.29, 0.717) is 5.69 Å². The number of carbonyl (C=O) groups is 1. The third kappa shape index (κ3) is 3.84. The molecule has 0 aliphatic rings. The number of rotatable bonds is 6. The van der Waals surface area contributed by atoms with Crippen molar-refractivity contribution in [1.29, 1.82) is 0 Å². The molecule has 1 aromatic rings. The van der Waals surface area contributed by atoms with Crippen molar-refractivity contribution >= 4 is 21.6 Å². The minimum Gasteiger partial charge on any atom is -0.494 e. The summed E-state index contributed by atoms with van der Waals surface area (Å²) in [7, 11) is 0.963. The lowest BCUT2D eigenvalue weighted by atomic mass is 10.1. The molecule has 0 aromatic heterocycles. The number of carbonyl (C=O) groups excluding carboxylic acids is 1. The highest BCUT2D eigenvalue weighted by molar-refractivity contribution is 7.89. The van der Waals surface area contributed by atoms with Gasteiger partial charge in [0.2, 0.25) is 10.0 Å².